The van der Waals surface area contributed by atoms with Crippen molar-refractivity contribution in [2.75, 3.05) is 43.1 Å². The van der Waals surface area contributed by atoms with Crippen LogP contribution in [0.1, 0.15) is 20.3 Å². The second-order valence-corrected chi connectivity index (χ2v) is 6.53. The molecular formula is C17H24N4O3. The maximum atomic E-state index is 12.4. The van der Waals surface area contributed by atoms with Crippen LogP contribution in [0.4, 0.5) is 11.5 Å². The highest BCUT2D eigenvalue weighted by Gasteiger charge is 2.35. The van der Waals surface area contributed by atoms with E-state index in [0.29, 0.717) is 25.4 Å². The molecule has 24 heavy (non-hydrogen) atoms. The predicted molar refractivity (Wildman–Crippen MR) is 90.9 cm³/mol. The van der Waals surface area contributed by atoms with Gasteiger partial charge in [0.1, 0.15) is 5.82 Å². The second kappa shape index (κ2) is 7.17. The lowest BCUT2D eigenvalue weighted by molar-refractivity contribution is -0.129. The molecule has 1 unspecified atom stereocenters. The summed E-state index contributed by atoms with van der Waals surface area (Å²) in [5, 5.41) is 2.87. The highest BCUT2D eigenvalue weighted by molar-refractivity contribution is 5.97. The van der Waals surface area contributed by atoms with Crippen LogP contribution in [0.2, 0.25) is 0 Å². The minimum absolute atomic E-state index is 0.0472. The Hall–Kier alpha value is -2.15. The topological polar surface area (TPSA) is 74.8 Å². The van der Waals surface area contributed by atoms with Crippen molar-refractivity contribution in [2.45, 2.75) is 26.3 Å². The van der Waals surface area contributed by atoms with Gasteiger partial charge in [0.2, 0.25) is 11.8 Å². The van der Waals surface area contributed by atoms with Crippen LogP contribution in [-0.2, 0) is 14.3 Å². The number of pyridine rings is 1. The molecule has 7 nitrogen and oxygen atoms in total. The molecule has 130 valence electrons. The molecule has 0 radical (unpaired) electrons. The van der Waals surface area contributed by atoms with Gasteiger partial charge in [0.15, 0.2) is 0 Å². The van der Waals surface area contributed by atoms with Crippen molar-refractivity contribution in [3.05, 3.63) is 18.3 Å². The smallest absolute Gasteiger partial charge is 0.229 e. The van der Waals surface area contributed by atoms with Gasteiger partial charge >= 0.3 is 0 Å². The highest BCUT2D eigenvalue weighted by atomic mass is 16.5. The summed E-state index contributed by atoms with van der Waals surface area (Å²) in [6.07, 6.45) is 1.95. The van der Waals surface area contributed by atoms with Crippen LogP contribution in [0, 0.1) is 5.92 Å². The van der Waals surface area contributed by atoms with E-state index >= 15 is 0 Å². The first-order chi connectivity index (χ1) is 11.5. The average Bonchev–Trinajstić information content (AvgIpc) is 2.99. The van der Waals surface area contributed by atoms with Gasteiger partial charge in [0.25, 0.3) is 0 Å². The molecule has 1 N–H and O–H groups in total. The van der Waals surface area contributed by atoms with Crippen LogP contribution in [0.3, 0.4) is 0 Å². The van der Waals surface area contributed by atoms with E-state index in [0.717, 1.165) is 18.9 Å². The molecule has 2 aliphatic rings. The fourth-order valence-electron chi connectivity index (χ4n) is 3.09. The molecular weight excluding hydrogens is 308 g/mol. The maximum Gasteiger partial charge on any atom is 0.229 e. The summed E-state index contributed by atoms with van der Waals surface area (Å²) in [5.41, 5.74) is 0.660. The van der Waals surface area contributed by atoms with E-state index in [4.69, 9.17) is 4.74 Å². The van der Waals surface area contributed by atoms with E-state index in [-0.39, 0.29) is 30.2 Å². The van der Waals surface area contributed by atoms with Gasteiger partial charge in [-0.2, -0.15) is 0 Å². The van der Waals surface area contributed by atoms with Crippen LogP contribution in [0.15, 0.2) is 18.3 Å². The monoisotopic (exact) mass is 332 g/mol. The van der Waals surface area contributed by atoms with Crippen molar-refractivity contribution in [1.82, 2.24) is 9.88 Å². The molecule has 0 spiro atoms. The number of hydrogen-bond acceptors (Lipinski definition) is 5. The Kier molecular flexibility index (Phi) is 4.99. The van der Waals surface area contributed by atoms with Crippen LogP contribution in [0.5, 0.6) is 0 Å². The molecule has 0 saturated carbocycles. The number of nitrogens with zero attached hydrogens (tertiary/aromatic N) is 3. The van der Waals surface area contributed by atoms with Crippen molar-refractivity contribution in [3.63, 3.8) is 0 Å². The van der Waals surface area contributed by atoms with Crippen molar-refractivity contribution < 1.29 is 14.3 Å². The fourth-order valence-corrected chi connectivity index (χ4v) is 3.09. The third-order valence-corrected chi connectivity index (χ3v) is 4.50. The molecule has 3 heterocycles. The zero-order chi connectivity index (χ0) is 17.1. The number of amides is 2. The third-order valence-electron chi connectivity index (χ3n) is 4.50. The number of ether oxygens (including phenoxy) is 1. The Morgan fingerprint density at radius 1 is 1.33 bits per heavy atom. The van der Waals surface area contributed by atoms with Gasteiger partial charge in [0, 0.05) is 32.1 Å². The van der Waals surface area contributed by atoms with Crippen LogP contribution >= 0.6 is 0 Å². The van der Waals surface area contributed by atoms with E-state index < -0.39 is 0 Å². The van der Waals surface area contributed by atoms with Crippen molar-refractivity contribution in [1.29, 1.82) is 0 Å². The lowest BCUT2D eigenvalue weighted by Gasteiger charge is -2.27. The molecule has 0 aromatic carbocycles. The van der Waals surface area contributed by atoms with Gasteiger partial charge in [-0.3, -0.25) is 9.59 Å². The predicted octanol–water partition coefficient (Wildman–Crippen LogP) is 1.11. The molecule has 1 aromatic rings. The average molecular weight is 332 g/mol. The van der Waals surface area contributed by atoms with E-state index in [2.05, 4.69) is 15.2 Å². The molecule has 2 fully saturated rings. The number of likely N-dealkylation sites (tertiary alicyclic amines) is 1. The van der Waals surface area contributed by atoms with Gasteiger partial charge < -0.3 is 19.9 Å². The van der Waals surface area contributed by atoms with E-state index in [1.165, 1.54) is 0 Å². The summed E-state index contributed by atoms with van der Waals surface area (Å²) >= 11 is 0. The number of carbonyl (C=O) groups is 2. The first kappa shape index (κ1) is 16.7. The summed E-state index contributed by atoms with van der Waals surface area (Å²) in [6, 6.07) is 3.89. The van der Waals surface area contributed by atoms with E-state index in [1.54, 1.807) is 11.1 Å². The molecule has 3 rings (SSSR count). The quantitative estimate of drug-likeness (QED) is 0.894. The minimum atomic E-state index is -0.293. The zero-order valence-electron chi connectivity index (χ0n) is 14.2. The largest absolute Gasteiger partial charge is 0.378 e. The molecule has 2 aliphatic heterocycles. The minimum Gasteiger partial charge on any atom is -0.378 e. The molecule has 2 saturated heterocycles. The summed E-state index contributed by atoms with van der Waals surface area (Å²) in [6.45, 7) is 7.49. The van der Waals surface area contributed by atoms with E-state index in [1.807, 2.05) is 26.0 Å². The van der Waals surface area contributed by atoms with Crippen molar-refractivity contribution in [2.24, 2.45) is 5.92 Å². The lowest BCUT2D eigenvalue weighted by Crippen LogP contribution is -2.36. The standard InChI is InChI=1S/C17H24N4O3/c1-12(2)21-11-13(9-16(21)22)17(23)19-14-3-4-15(18-10-14)20-5-7-24-8-6-20/h3-4,10,12-13H,5-9,11H2,1-2H3,(H,19,23). The zero-order valence-corrected chi connectivity index (χ0v) is 14.2. The Morgan fingerprint density at radius 3 is 2.67 bits per heavy atom. The van der Waals surface area contributed by atoms with Crippen LogP contribution < -0.4 is 10.2 Å². The number of rotatable bonds is 4. The summed E-state index contributed by atoms with van der Waals surface area (Å²) in [5.74, 6) is 0.524. The van der Waals surface area contributed by atoms with Crippen molar-refractivity contribution in [3.8, 4) is 0 Å². The lowest BCUT2D eigenvalue weighted by atomic mass is 10.1. The summed E-state index contributed by atoms with van der Waals surface area (Å²) < 4.78 is 5.33. The maximum absolute atomic E-state index is 12.4. The molecule has 7 heteroatoms. The number of hydrogen-bond donors (Lipinski definition) is 1. The molecule has 0 bridgehead atoms. The second-order valence-electron chi connectivity index (χ2n) is 6.53. The number of anilines is 2. The van der Waals surface area contributed by atoms with Gasteiger partial charge in [0.05, 0.1) is 31.0 Å². The fraction of sp³-hybridized carbons (Fsp3) is 0.588. The molecule has 2 amide bonds. The van der Waals surface area contributed by atoms with Gasteiger partial charge in [-0.25, -0.2) is 4.98 Å². The number of carbonyl (C=O) groups excluding carboxylic acids is 2. The first-order valence-corrected chi connectivity index (χ1v) is 8.43. The van der Waals surface area contributed by atoms with Gasteiger partial charge in [-0.1, -0.05) is 0 Å². The molecule has 1 atom stereocenters. The van der Waals surface area contributed by atoms with Gasteiger partial charge in [-0.05, 0) is 26.0 Å². The molecule has 0 aliphatic carbocycles. The summed E-state index contributed by atoms with van der Waals surface area (Å²) in [7, 11) is 0. The number of nitrogens with one attached hydrogen (secondary N) is 1. The SMILES string of the molecule is CC(C)N1CC(C(=O)Nc2ccc(N3CCOCC3)nc2)CC1=O. The third kappa shape index (κ3) is 3.67. The van der Waals surface area contributed by atoms with Crippen molar-refractivity contribution >= 4 is 23.3 Å². The summed E-state index contributed by atoms with van der Waals surface area (Å²) in [4.78, 5) is 32.6. The van der Waals surface area contributed by atoms with Crippen LogP contribution in [-0.4, -0.2) is 60.6 Å². The first-order valence-electron chi connectivity index (χ1n) is 8.43. The molecule has 1 aromatic heterocycles. The van der Waals surface area contributed by atoms with Gasteiger partial charge in [-0.15, -0.1) is 0 Å². The van der Waals surface area contributed by atoms with Crippen LogP contribution in [0.25, 0.3) is 0 Å². The Labute approximate surface area is 142 Å². The number of morpholine rings is 1. The Bertz CT molecular complexity index is 596. The Morgan fingerprint density at radius 2 is 2.08 bits per heavy atom. The normalized spacial score (nSPS) is 21.5. The van der Waals surface area contributed by atoms with E-state index in [9.17, 15) is 9.59 Å². The number of aromatic nitrogens is 1. The highest BCUT2D eigenvalue weighted by Crippen LogP contribution is 2.22. The Balaban J connectivity index is 1.58.